The van der Waals surface area contributed by atoms with Crippen molar-refractivity contribution in [3.05, 3.63) is 75.8 Å². The Bertz CT molecular complexity index is 1000. The van der Waals surface area contributed by atoms with E-state index in [2.05, 4.69) is 4.98 Å². The molecule has 1 atom stereocenters. The Kier molecular flexibility index (Phi) is 3.72. The summed E-state index contributed by atoms with van der Waals surface area (Å²) in [4.78, 5) is 28.7. The van der Waals surface area contributed by atoms with Gasteiger partial charge in [-0.2, -0.15) is 0 Å². The van der Waals surface area contributed by atoms with E-state index < -0.39 is 12.1 Å². The summed E-state index contributed by atoms with van der Waals surface area (Å²) in [7, 11) is 0. The van der Waals surface area contributed by atoms with Gasteiger partial charge in [0.05, 0.1) is 5.69 Å². The normalized spacial score (nSPS) is 15.6. The molecule has 3 heterocycles. The van der Waals surface area contributed by atoms with Gasteiger partial charge in [0, 0.05) is 18.7 Å². The van der Waals surface area contributed by atoms with Crippen LogP contribution in [0.1, 0.15) is 16.8 Å². The average Bonchev–Trinajstić information content (AvgIpc) is 3.04. The molecular formula is C19H16N2O4. The number of para-hydroxylation sites is 1. The molecule has 0 spiro atoms. The highest BCUT2D eigenvalue weighted by Crippen LogP contribution is 2.28. The predicted octanol–water partition coefficient (Wildman–Crippen LogP) is 2.05. The number of hydrogen-bond donors (Lipinski definition) is 0. The van der Waals surface area contributed by atoms with Crippen LogP contribution in [-0.2, 0) is 22.6 Å². The number of aryl methyl sites for hydroxylation is 1. The van der Waals surface area contributed by atoms with Crippen LogP contribution >= 0.6 is 0 Å². The molecule has 0 saturated heterocycles. The SMILES string of the molecule is Cc1ccc2nc(COC(=O)C3Cc4ccccc4O3)cc(=O)n2c1. The molecule has 0 amide bonds. The van der Waals surface area contributed by atoms with E-state index in [1.54, 1.807) is 12.3 Å². The van der Waals surface area contributed by atoms with E-state index in [-0.39, 0.29) is 12.2 Å². The van der Waals surface area contributed by atoms with E-state index >= 15 is 0 Å². The first-order valence-electron chi connectivity index (χ1n) is 8.00. The summed E-state index contributed by atoms with van der Waals surface area (Å²) >= 11 is 0. The van der Waals surface area contributed by atoms with Gasteiger partial charge in [-0.15, -0.1) is 0 Å². The van der Waals surface area contributed by atoms with Crippen molar-refractivity contribution < 1.29 is 14.3 Å². The molecule has 1 aliphatic rings. The van der Waals surface area contributed by atoms with E-state index in [0.717, 1.165) is 11.1 Å². The number of benzene rings is 1. The fourth-order valence-electron chi connectivity index (χ4n) is 2.88. The molecule has 1 unspecified atom stereocenters. The molecule has 2 aromatic heterocycles. The lowest BCUT2D eigenvalue weighted by molar-refractivity contribution is -0.152. The third kappa shape index (κ3) is 2.98. The number of ether oxygens (including phenoxy) is 2. The van der Waals surface area contributed by atoms with Crippen LogP contribution in [0.5, 0.6) is 5.75 Å². The fourth-order valence-corrected chi connectivity index (χ4v) is 2.88. The molecule has 0 bridgehead atoms. The van der Waals surface area contributed by atoms with Crippen LogP contribution in [0, 0.1) is 6.92 Å². The number of esters is 1. The number of pyridine rings is 1. The second-order valence-electron chi connectivity index (χ2n) is 6.05. The van der Waals surface area contributed by atoms with Crippen LogP contribution in [0.15, 0.2) is 53.5 Å². The zero-order chi connectivity index (χ0) is 17.4. The molecule has 126 valence electrons. The molecule has 25 heavy (non-hydrogen) atoms. The number of aromatic nitrogens is 2. The number of hydrogen-bond acceptors (Lipinski definition) is 5. The summed E-state index contributed by atoms with van der Waals surface area (Å²) in [5.74, 6) is 0.254. The van der Waals surface area contributed by atoms with Crippen molar-refractivity contribution in [3.63, 3.8) is 0 Å². The maximum atomic E-state index is 12.2. The zero-order valence-corrected chi connectivity index (χ0v) is 13.6. The van der Waals surface area contributed by atoms with Crippen LogP contribution < -0.4 is 10.3 Å². The molecule has 3 aromatic rings. The number of fused-ring (bicyclic) bond motifs is 2. The smallest absolute Gasteiger partial charge is 0.348 e. The summed E-state index contributed by atoms with van der Waals surface area (Å²) in [6.45, 7) is 1.84. The van der Waals surface area contributed by atoms with Gasteiger partial charge in [0.2, 0.25) is 0 Å². The molecule has 0 aliphatic carbocycles. The standard InChI is InChI=1S/C19H16N2O4/c1-12-6-7-17-20-14(9-18(22)21(17)10-12)11-24-19(23)16-8-13-4-2-3-5-15(13)25-16/h2-7,9-10,16H,8,11H2,1H3. The lowest BCUT2D eigenvalue weighted by Crippen LogP contribution is -2.27. The van der Waals surface area contributed by atoms with E-state index in [4.69, 9.17) is 9.47 Å². The van der Waals surface area contributed by atoms with E-state index in [0.29, 0.717) is 23.5 Å². The van der Waals surface area contributed by atoms with Gasteiger partial charge in [-0.25, -0.2) is 9.78 Å². The van der Waals surface area contributed by atoms with Crippen LogP contribution in [0.4, 0.5) is 0 Å². The third-order valence-electron chi connectivity index (χ3n) is 4.13. The Balaban J connectivity index is 1.47. The van der Waals surface area contributed by atoms with Crippen molar-refractivity contribution in [2.24, 2.45) is 0 Å². The average molecular weight is 336 g/mol. The monoisotopic (exact) mass is 336 g/mol. The topological polar surface area (TPSA) is 69.9 Å². The Morgan fingerprint density at radius 1 is 1.32 bits per heavy atom. The quantitative estimate of drug-likeness (QED) is 0.685. The van der Waals surface area contributed by atoms with Gasteiger partial charge in [-0.05, 0) is 30.2 Å². The van der Waals surface area contributed by atoms with Crippen LogP contribution in [0.2, 0.25) is 0 Å². The molecule has 0 radical (unpaired) electrons. The van der Waals surface area contributed by atoms with Crippen LogP contribution in [-0.4, -0.2) is 21.5 Å². The van der Waals surface area contributed by atoms with Gasteiger partial charge >= 0.3 is 5.97 Å². The van der Waals surface area contributed by atoms with Crippen molar-refractivity contribution in [2.45, 2.75) is 26.1 Å². The van der Waals surface area contributed by atoms with Gasteiger partial charge in [0.15, 0.2) is 6.10 Å². The second kappa shape index (κ2) is 6.05. The molecule has 6 nitrogen and oxygen atoms in total. The third-order valence-corrected chi connectivity index (χ3v) is 4.13. The first kappa shape index (κ1) is 15.4. The van der Waals surface area contributed by atoms with Crippen molar-refractivity contribution in [1.29, 1.82) is 0 Å². The Morgan fingerprint density at radius 3 is 3.00 bits per heavy atom. The summed E-state index contributed by atoms with van der Waals surface area (Å²) < 4.78 is 12.4. The summed E-state index contributed by atoms with van der Waals surface area (Å²) in [6.07, 6.45) is 1.56. The second-order valence-corrected chi connectivity index (χ2v) is 6.05. The number of rotatable bonds is 3. The molecule has 4 rings (SSSR count). The zero-order valence-electron chi connectivity index (χ0n) is 13.6. The molecule has 0 saturated carbocycles. The maximum Gasteiger partial charge on any atom is 0.348 e. The number of nitrogens with zero attached hydrogens (tertiary/aromatic N) is 2. The fraction of sp³-hybridized carbons (Fsp3) is 0.211. The minimum absolute atomic E-state index is 0.0609. The molecule has 0 fully saturated rings. The first-order chi connectivity index (χ1) is 12.1. The van der Waals surface area contributed by atoms with Gasteiger partial charge in [-0.1, -0.05) is 24.3 Å². The Morgan fingerprint density at radius 2 is 2.16 bits per heavy atom. The van der Waals surface area contributed by atoms with Crippen molar-refractivity contribution in [1.82, 2.24) is 9.38 Å². The maximum absolute atomic E-state index is 12.2. The Labute approximate surface area is 143 Å². The van der Waals surface area contributed by atoms with E-state index in [9.17, 15) is 9.59 Å². The van der Waals surface area contributed by atoms with E-state index in [1.807, 2.05) is 37.3 Å². The highest BCUT2D eigenvalue weighted by atomic mass is 16.6. The van der Waals surface area contributed by atoms with Crippen molar-refractivity contribution in [2.75, 3.05) is 0 Å². The van der Waals surface area contributed by atoms with Crippen LogP contribution in [0.25, 0.3) is 5.65 Å². The highest BCUT2D eigenvalue weighted by Gasteiger charge is 2.30. The summed E-state index contributed by atoms with van der Waals surface area (Å²) in [5.41, 5.74) is 2.69. The lowest BCUT2D eigenvalue weighted by atomic mass is 10.1. The number of carbonyl (C=O) groups is 1. The molecule has 1 aliphatic heterocycles. The highest BCUT2D eigenvalue weighted by molar-refractivity contribution is 5.76. The van der Waals surface area contributed by atoms with Crippen molar-refractivity contribution >= 4 is 11.6 Å². The minimum Gasteiger partial charge on any atom is -0.478 e. The largest absolute Gasteiger partial charge is 0.478 e. The van der Waals surface area contributed by atoms with Crippen molar-refractivity contribution in [3.8, 4) is 5.75 Å². The first-order valence-corrected chi connectivity index (χ1v) is 8.00. The summed E-state index contributed by atoms with van der Waals surface area (Å²) in [5, 5.41) is 0. The van der Waals surface area contributed by atoms with Gasteiger partial charge in [0.1, 0.15) is 18.0 Å². The Hall–Kier alpha value is -3.15. The van der Waals surface area contributed by atoms with Gasteiger partial charge in [0.25, 0.3) is 5.56 Å². The van der Waals surface area contributed by atoms with Gasteiger partial charge in [-0.3, -0.25) is 9.20 Å². The molecule has 0 N–H and O–H groups in total. The summed E-state index contributed by atoms with van der Waals surface area (Å²) in [6, 6.07) is 12.5. The molecular weight excluding hydrogens is 320 g/mol. The van der Waals surface area contributed by atoms with E-state index in [1.165, 1.54) is 10.5 Å². The lowest BCUT2D eigenvalue weighted by Gasteiger charge is -2.10. The van der Waals surface area contributed by atoms with Crippen LogP contribution in [0.3, 0.4) is 0 Å². The molecule has 6 heteroatoms. The number of carbonyl (C=O) groups excluding carboxylic acids is 1. The minimum atomic E-state index is -0.651. The molecule has 1 aromatic carbocycles. The van der Waals surface area contributed by atoms with Gasteiger partial charge < -0.3 is 9.47 Å². The predicted molar refractivity (Wildman–Crippen MR) is 90.6 cm³/mol.